The summed E-state index contributed by atoms with van der Waals surface area (Å²) < 4.78 is 28.4. The Kier molecular flexibility index (Phi) is 4.58. The Bertz CT molecular complexity index is 662. The largest absolute Gasteiger partial charge is 0.497 e. The SMILES string of the molecule is COCOCC12CCC3(CC1=CCc1cc(OC)ccc12)OCCO3. The van der Waals surface area contributed by atoms with Gasteiger partial charge in [0.15, 0.2) is 5.79 Å². The van der Waals surface area contributed by atoms with Gasteiger partial charge in [-0.25, -0.2) is 0 Å². The molecule has 1 saturated carbocycles. The molecule has 25 heavy (non-hydrogen) atoms. The molecule has 4 rings (SSSR count). The maximum Gasteiger partial charge on any atom is 0.172 e. The van der Waals surface area contributed by atoms with E-state index in [0.717, 1.165) is 31.4 Å². The molecule has 1 aromatic rings. The summed E-state index contributed by atoms with van der Waals surface area (Å²) in [6.45, 7) is 2.29. The monoisotopic (exact) mass is 346 g/mol. The first kappa shape index (κ1) is 17.0. The van der Waals surface area contributed by atoms with E-state index in [4.69, 9.17) is 23.7 Å². The third-order valence-corrected chi connectivity index (χ3v) is 5.77. The summed E-state index contributed by atoms with van der Waals surface area (Å²) in [7, 11) is 3.37. The second-order valence-electron chi connectivity index (χ2n) is 7.08. The normalized spacial score (nSPS) is 26.9. The van der Waals surface area contributed by atoms with E-state index in [2.05, 4.69) is 18.2 Å². The topological polar surface area (TPSA) is 46.2 Å². The molecule has 1 heterocycles. The van der Waals surface area contributed by atoms with Crippen LogP contribution in [0.4, 0.5) is 0 Å². The second kappa shape index (κ2) is 6.72. The van der Waals surface area contributed by atoms with Gasteiger partial charge in [0.1, 0.15) is 12.5 Å². The summed E-state index contributed by atoms with van der Waals surface area (Å²) in [5.74, 6) is 0.471. The third kappa shape index (κ3) is 2.89. The number of hydrogen-bond donors (Lipinski definition) is 0. The molecular weight excluding hydrogens is 320 g/mol. The molecule has 136 valence electrons. The van der Waals surface area contributed by atoms with Crippen LogP contribution in [-0.4, -0.2) is 46.6 Å². The van der Waals surface area contributed by atoms with Crippen LogP contribution in [0.2, 0.25) is 0 Å². The fraction of sp³-hybridized carbons (Fsp3) is 0.600. The van der Waals surface area contributed by atoms with Crippen molar-refractivity contribution in [2.75, 3.05) is 40.8 Å². The van der Waals surface area contributed by atoms with E-state index in [0.29, 0.717) is 26.6 Å². The molecule has 5 heteroatoms. The summed E-state index contributed by atoms with van der Waals surface area (Å²) in [6.07, 6.45) is 5.89. The Hall–Kier alpha value is -1.40. The van der Waals surface area contributed by atoms with Crippen molar-refractivity contribution in [3.05, 3.63) is 41.0 Å². The molecule has 2 aliphatic carbocycles. The van der Waals surface area contributed by atoms with Crippen LogP contribution in [0.1, 0.15) is 30.4 Å². The number of fused-ring (bicyclic) bond motifs is 3. The van der Waals surface area contributed by atoms with Crippen LogP contribution in [0.15, 0.2) is 29.8 Å². The minimum atomic E-state index is -0.430. The molecule has 1 saturated heterocycles. The fourth-order valence-electron chi connectivity index (χ4n) is 4.54. The van der Waals surface area contributed by atoms with E-state index in [-0.39, 0.29) is 5.41 Å². The lowest BCUT2D eigenvalue weighted by Crippen LogP contribution is -2.48. The molecule has 1 unspecified atom stereocenters. The number of benzene rings is 1. The number of allylic oxidation sites excluding steroid dienone is 1. The van der Waals surface area contributed by atoms with Crippen molar-refractivity contribution in [1.82, 2.24) is 0 Å². The van der Waals surface area contributed by atoms with Crippen LogP contribution in [0.3, 0.4) is 0 Å². The molecule has 1 spiro atoms. The van der Waals surface area contributed by atoms with E-state index in [9.17, 15) is 0 Å². The van der Waals surface area contributed by atoms with E-state index >= 15 is 0 Å². The second-order valence-corrected chi connectivity index (χ2v) is 7.08. The lowest BCUT2D eigenvalue weighted by atomic mass is 9.61. The van der Waals surface area contributed by atoms with Crippen molar-refractivity contribution < 1.29 is 23.7 Å². The highest BCUT2D eigenvalue weighted by Crippen LogP contribution is 2.52. The predicted octanol–water partition coefficient (Wildman–Crippen LogP) is 2.96. The first-order valence-corrected chi connectivity index (χ1v) is 8.93. The van der Waals surface area contributed by atoms with Crippen LogP contribution in [-0.2, 0) is 30.8 Å². The first-order chi connectivity index (χ1) is 12.2. The Morgan fingerprint density at radius 2 is 1.96 bits per heavy atom. The zero-order valence-electron chi connectivity index (χ0n) is 15.0. The number of hydrogen-bond acceptors (Lipinski definition) is 5. The first-order valence-electron chi connectivity index (χ1n) is 8.93. The van der Waals surface area contributed by atoms with Gasteiger partial charge in [0, 0.05) is 25.4 Å². The molecule has 5 nitrogen and oxygen atoms in total. The summed E-state index contributed by atoms with van der Waals surface area (Å²) in [5.41, 5.74) is 3.90. The number of rotatable bonds is 5. The summed E-state index contributed by atoms with van der Waals surface area (Å²) in [4.78, 5) is 0. The molecule has 1 atom stereocenters. The van der Waals surface area contributed by atoms with Gasteiger partial charge in [0.25, 0.3) is 0 Å². The van der Waals surface area contributed by atoms with Gasteiger partial charge in [-0.3, -0.25) is 0 Å². The van der Waals surface area contributed by atoms with Crippen LogP contribution < -0.4 is 4.74 Å². The zero-order chi connectivity index (χ0) is 17.3. The number of methoxy groups -OCH3 is 2. The van der Waals surface area contributed by atoms with E-state index in [1.807, 2.05) is 6.07 Å². The van der Waals surface area contributed by atoms with Gasteiger partial charge in [-0.2, -0.15) is 0 Å². The van der Waals surface area contributed by atoms with Crippen molar-refractivity contribution in [2.45, 2.75) is 36.9 Å². The third-order valence-electron chi connectivity index (χ3n) is 5.77. The highest BCUT2D eigenvalue weighted by molar-refractivity contribution is 5.51. The van der Waals surface area contributed by atoms with Gasteiger partial charge in [0.05, 0.1) is 26.9 Å². The Morgan fingerprint density at radius 1 is 1.12 bits per heavy atom. The molecule has 0 N–H and O–H groups in total. The van der Waals surface area contributed by atoms with Crippen molar-refractivity contribution in [3.8, 4) is 5.75 Å². The summed E-state index contributed by atoms with van der Waals surface area (Å²) in [6, 6.07) is 6.39. The number of ether oxygens (including phenoxy) is 5. The molecule has 2 fully saturated rings. The van der Waals surface area contributed by atoms with Gasteiger partial charge in [0.2, 0.25) is 0 Å². The Morgan fingerprint density at radius 3 is 2.72 bits per heavy atom. The molecule has 3 aliphatic rings. The Balaban J connectivity index is 1.70. The zero-order valence-corrected chi connectivity index (χ0v) is 15.0. The molecule has 0 radical (unpaired) electrons. The van der Waals surface area contributed by atoms with Gasteiger partial charge >= 0.3 is 0 Å². The van der Waals surface area contributed by atoms with Crippen LogP contribution in [0, 0.1) is 0 Å². The Labute approximate surface area is 148 Å². The lowest BCUT2D eigenvalue weighted by molar-refractivity contribution is -0.176. The van der Waals surface area contributed by atoms with E-state index in [1.165, 1.54) is 16.7 Å². The molecule has 0 amide bonds. The van der Waals surface area contributed by atoms with Crippen molar-refractivity contribution in [1.29, 1.82) is 0 Å². The quantitative estimate of drug-likeness (QED) is 0.466. The van der Waals surface area contributed by atoms with Crippen LogP contribution in [0.5, 0.6) is 5.75 Å². The maximum atomic E-state index is 5.98. The summed E-state index contributed by atoms with van der Waals surface area (Å²) >= 11 is 0. The van der Waals surface area contributed by atoms with E-state index < -0.39 is 5.79 Å². The minimum absolute atomic E-state index is 0.126. The smallest absolute Gasteiger partial charge is 0.172 e. The van der Waals surface area contributed by atoms with E-state index in [1.54, 1.807) is 14.2 Å². The fourth-order valence-corrected chi connectivity index (χ4v) is 4.54. The standard InChI is InChI=1S/C20H26O5/c1-21-14-23-13-19-7-8-20(24-9-10-25-20)12-16(19)4-3-15-11-17(22-2)5-6-18(15)19/h4-6,11H,3,7-10,12-14H2,1-2H3. The summed E-state index contributed by atoms with van der Waals surface area (Å²) in [5, 5.41) is 0. The van der Waals surface area contributed by atoms with Gasteiger partial charge in [-0.1, -0.05) is 17.7 Å². The lowest BCUT2D eigenvalue weighted by Gasteiger charge is -2.48. The van der Waals surface area contributed by atoms with Crippen LogP contribution in [0.25, 0.3) is 0 Å². The predicted molar refractivity (Wildman–Crippen MR) is 92.8 cm³/mol. The van der Waals surface area contributed by atoms with Crippen molar-refractivity contribution >= 4 is 0 Å². The molecule has 0 bridgehead atoms. The average molecular weight is 346 g/mol. The molecular formula is C20H26O5. The van der Waals surface area contributed by atoms with Crippen molar-refractivity contribution in [2.24, 2.45) is 0 Å². The molecule has 1 aromatic carbocycles. The highest BCUT2D eigenvalue weighted by Gasteiger charge is 2.51. The van der Waals surface area contributed by atoms with Gasteiger partial charge in [-0.05, 0) is 36.1 Å². The highest BCUT2D eigenvalue weighted by atomic mass is 16.7. The average Bonchev–Trinajstić information content (AvgIpc) is 3.10. The van der Waals surface area contributed by atoms with Gasteiger partial charge in [-0.15, -0.1) is 0 Å². The molecule has 1 aliphatic heterocycles. The maximum absolute atomic E-state index is 5.98. The van der Waals surface area contributed by atoms with Crippen molar-refractivity contribution in [3.63, 3.8) is 0 Å². The molecule has 0 aromatic heterocycles. The van der Waals surface area contributed by atoms with Crippen LogP contribution >= 0.6 is 0 Å². The minimum Gasteiger partial charge on any atom is -0.497 e. The van der Waals surface area contributed by atoms with Gasteiger partial charge < -0.3 is 23.7 Å².